The minimum absolute atomic E-state index is 0.0900. The van der Waals surface area contributed by atoms with Gasteiger partial charge in [-0.15, -0.1) is 11.8 Å². The summed E-state index contributed by atoms with van der Waals surface area (Å²) in [5, 5.41) is 6.79. The van der Waals surface area contributed by atoms with Crippen molar-refractivity contribution in [3.8, 4) is 0 Å². The summed E-state index contributed by atoms with van der Waals surface area (Å²) in [6.07, 6.45) is 1.47. The van der Waals surface area contributed by atoms with Crippen molar-refractivity contribution in [2.75, 3.05) is 19.3 Å². The molecule has 1 aliphatic heterocycles. The Morgan fingerprint density at radius 1 is 1.56 bits per heavy atom. The lowest BCUT2D eigenvalue weighted by Crippen LogP contribution is -2.32. The number of carbonyl (C=O) groups excluding carboxylic acids is 1. The number of rotatable bonds is 4. The standard InChI is InChI=1S/C13H17ClN2OS/c1-15-6-4-13(17)16-11-5-7-18-12-3-2-9(14)8-10(11)12/h2-3,8,11,15H,4-7H2,1H3,(H,16,17). The summed E-state index contributed by atoms with van der Waals surface area (Å²) in [5.41, 5.74) is 1.15. The summed E-state index contributed by atoms with van der Waals surface area (Å²) >= 11 is 7.85. The van der Waals surface area contributed by atoms with Crippen molar-refractivity contribution in [3.63, 3.8) is 0 Å². The highest BCUT2D eigenvalue weighted by molar-refractivity contribution is 7.99. The molecule has 1 aliphatic rings. The molecular formula is C13H17ClN2OS. The first kappa shape index (κ1) is 13.7. The average molecular weight is 285 g/mol. The van der Waals surface area contributed by atoms with Gasteiger partial charge in [-0.3, -0.25) is 4.79 Å². The second kappa shape index (κ2) is 6.45. The zero-order valence-electron chi connectivity index (χ0n) is 10.3. The lowest BCUT2D eigenvalue weighted by molar-refractivity contribution is -0.121. The van der Waals surface area contributed by atoms with Crippen LogP contribution in [0.5, 0.6) is 0 Å². The minimum Gasteiger partial charge on any atom is -0.349 e. The largest absolute Gasteiger partial charge is 0.349 e. The normalized spacial score (nSPS) is 18.2. The molecule has 1 heterocycles. The first-order chi connectivity index (χ1) is 8.70. The summed E-state index contributed by atoms with van der Waals surface area (Å²) in [6.45, 7) is 0.704. The highest BCUT2D eigenvalue weighted by atomic mass is 35.5. The zero-order chi connectivity index (χ0) is 13.0. The predicted octanol–water partition coefficient (Wildman–Crippen LogP) is 2.60. The van der Waals surface area contributed by atoms with Crippen molar-refractivity contribution < 1.29 is 4.79 Å². The van der Waals surface area contributed by atoms with Crippen molar-refractivity contribution in [1.82, 2.24) is 10.6 Å². The average Bonchev–Trinajstić information content (AvgIpc) is 2.37. The first-order valence-corrected chi connectivity index (χ1v) is 7.43. The van der Waals surface area contributed by atoms with Crippen LogP contribution in [0.25, 0.3) is 0 Å². The Morgan fingerprint density at radius 2 is 2.39 bits per heavy atom. The molecule has 0 bridgehead atoms. The maximum atomic E-state index is 11.8. The second-order valence-corrected chi connectivity index (χ2v) is 5.87. The van der Waals surface area contributed by atoms with E-state index >= 15 is 0 Å². The van der Waals surface area contributed by atoms with Gasteiger partial charge in [-0.05, 0) is 37.2 Å². The van der Waals surface area contributed by atoms with E-state index in [4.69, 9.17) is 11.6 Å². The number of hydrogen-bond acceptors (Lipinski definition) is 3. The van der Waals surface area contributed by atoms with Crippen LogP contribution in [0.15, 0.2) is 23.1 Å². The van der Waals surface area contributed by atoms with Gasteiger partial charge in [0.2, 0.25) is 5.91 Å². The van der Waals surface area contributed by atoms with Crippen molar-refractivity contribution in [2.45, 2.75) is 23.8 Å². The van der Waals surface area contributed by atoms with Gasteiger partial charge >= 0.3 is 0 Å². The fourth-order valence-corrected chi connectivity index (χ4v) is 3.31. The highest BCUT2D eigenvalue weighted by Gasteiger charge is 2.22. The van der Waals surface area contributed by atoms with Gasteiger partial charge in [-0.1, -0.05) is 11.6 Å². The van der Waals surface area contributed by atoms with Crippen LogP contribution in [0.3, 0.4) is 0 Å². The zero-order valence-corrected chi connectivity index (χ0v) is 11.9. The minimum atomic E-state index is 0.0900. The molecule has 2 N–H and O–H groups in total. The summed E-state index contributed by atoms with van der Waals surface area (Å²) in [6, 6.07) is 6.00. The van der Waals surface area contributed by atoms with Gasteiger partial charge < -0.3 is 10.6 Å². The van der Waals surface area contributed by atoms with Crippen LogP contribution < -0.4 is 10.6 Å². The maximum absolute atomic E-state index is 11.8. The smallest absolute Gasteiger partial charge is 0.221 e. The predicted molar refractivity (Wildman–Crippen MR) is 76.2 cm³/mol. The highest BCUT2D eigenvalue weighted by Crippen LogP contribution is 2.37. The van der Waals surface area contributed by atoms with Crippen molar-refractivity contribution >= 4 is 29.3 Å². The van der Waals surface area contributed by atoms with E-state index in [9.17, 15) is 4.79 Å². The fraction of sp³-hybridized carbons (Fsp3) is 0.462. The molecular weight excluding hydrogens is 268 g/mol. The van der Waals surface area contributed by atoms with Crippen LogP contribution in [0.2, 0.25) is 5.02 Å². The molecule has 0 saturated carbocycles. The number of halogens is 1. The van der Waals surface area contributed by atoms with Crippen molar-refractivity contribution in [1.29, 1.82) is 0 Å². The van der Waals surface area contributed by atoms with Crippen LogP contribution >= 0.6 is 23.4 Å². The molecule has 1 unspecified atom stereocenters. The Hall–Kier alpha value is -0.710. The van der Waals surface area contributed by atoms with Gasteiger partial charge in [0.15, 0.2) is 0 Å². The SMILES string of the molecule is CNCCC(=O)NC1CCSc2ccc(Cl)cc21. The molecule has 1 atom stereocenters. The monoisotopic (exact) mass is 284 g/mol. The quantitative estimate of drug-likeness (QED) is 0.893. The molecule has 1 aromatic rings. The van der Waals surface area contributed by atoms with Crippen LogP contribution in [0, 0.1) is 0 Å². The van der Waals surface area contributed by atoms with Crippen LogP contribution in [0.1, 0.15) is 24.4 Å². The summed E-state index contributed by atoms with van der Waals surface area (Å²) in [5.74, 6) is 1.12. The molecule has 0 aromatic heterocycles. The molecule has 3 nitrogen and oxygen atoms in total. The molecule has 0 aliphatic carbocycles. The second-order valence-electron chi connectivity index (χ2n) is 4.29. The number of amides is 1. The maximum Gasteiger partial charge on any atom is 0.221 e. The Bertz CT molecular complexity index is 439. The van der Waals surface area contributed by atoms with E-state index < -0.39 is 0 Å². The number of carbonyl (C=O) groups is 1. The van der Waals surface area contributed by atoms with Crippen LogP contribution in [-0.4, -0.2) is 25.3 Å². The number of benzene rings is 1. The Labute approximate surface area is 117 Å². The molecule has 1 aromatic carbocycles. The van der Waals surface area contributed by atoms with Gasteiger partial charge in [-0.2, -0.15) is 0 Å². The van der Waals surface area contributed by atoms with E-state index in [-0.39, 0.29) is 11.9 Å². The van der Waals surface area contributed by atoms with Gasteiger partial charge in [0.1, 0.15) is 0 Å². The number of nitrogens with one attached hydrogen (secondary N) is 2. The Balaban J connectivity index is 2.07. The van der Waals surface area contributed by atoms with E-state index in [2.05, 4.69) is 10.6 Å². The third kappa shape index (κ3) is 3.40. The summed E-state index contributed by atoms with van der Waals surface area (Å²) in [4.78, 5) is 13.0. The van der Waals surface area contributed by atoms with Gasteiger partial charge in [-0.25, -0.2) is 0 Å². The van der Waals surface area contributed by atoms with Crippen LogP contribution in [-0.2, 0) is 4.79 Å². The molecule has 18 heavy (non-hydrogen) atoms. The van der Waals surface area contributed by atoms with E-state index in [0.717, 1.165) is 22.8 Å². The van der Waals surface area contributed by atoms with E-state index in [0.29, 0.717) is 13.0 Å². The van der Waals surface area contributed by atoms with Gasteiger partial charge in [0.25, 0.3) is 0 Å². The number of hydrogen-bond donors (Lipinski definition) is 2. The van der Waals surface area contributed by atoms with Gasteiger partial charge in [0.05, 0.1) is 6.04 Å². The molecule has 98 valence electrons. The van der Waals surface area contributed by atoms with E-state index in [1.807, 2.05) is 37.0 Å². The molecule has 5 heteroatoms. The van der Waals surface area contributed by atoms with E-state index in [1.54, 1.807) is 0 Å². The topological polar surface area (TPSA) is 41.1 Å². The molecule has 0 radical (unpaired) electrons. The fourth-order valence-electron chi connectivity index (χ4n) is 2.02. The molecule has 0 fully saturated rings. The lowest BCUT2D eigenvalue weighted by atomic mass is 10.0. The molecule has 0 spiro atoms. The Kier molecular flexibility index (Phi) is 4.92. The van der Waals surface area contributed by atoms with Gasteiger partial charge in [0, 0.05) is 28.6 Å². The molecule has 1 amide bonds. The first-order valence-electron chi connectivity index (χ1n) is 6.07. The summed E-state index contributed by atoms with van der Waals surface area (Å²) in [7, 11) is 1.85. The third-order valence-corrected chi connectivity index (χ3v) is 4.31. The van der Waals surface area contributed by atoms with Crippen molar-refractivity contribution in [3.05, 3.63) is 28.8 Å². The Morgan fingerprint density at radius 3 is 3.17 bits per heavy atom. The van der Waals surface area contributed by atoms with Crippen LogP contribution in [0.4, 0.5) is 0 Å². The van der Waals surface area contributed by atoms with Crippen molar-refractivity contribution in [2.24, 2.45) is 0 Å². The summed E-state index contributed by atoms with van der Waals surface area (Å²) < 4.78 is 0. The van der Waals surface area contributed by atoms with E-state index in [1.165, 1.54) is 4.90 Å². The molecule has 2 rings (SSSR count). The third-order valence-electron chi connectivity index (χ3n) is 2.95. The number of thioether (sulfide) groups is 1. The molecule has 0 saturated heterocycles. The lowest BCUT2D eigenvalue weighted by Gasteiger charge is -2.26. The number of fused-ring (bicyclic) bond motifs is 1.